The molecule has 4 nitrogen and oxygen atoms in total. The highest BCUT2D eigenvalue weighted by atomic mass is 35.5. The monoisotopic (exact) mass is 376 g/mol. The van der Waals surface area contributed by atoms with E-state index in [0.717, 1.165) is 51.8 Å². The van der Waals surface area contributed by atoms with E-state index in [1.54, 1.807) is 6.33 Å². The average Bonchev–Trinajstić information content (AvgIpc) is 3.11. The second-order valence-corrected chi connectivity index (χ2v) is 6.76. The van der Waals surface area contributed by atoms with Crippen molar-refractivity contribution in [1.29, 1.82) is 0 Å². The average molecular weight is 377 g/mol. The van der Waals surface area contributed by atoms with Gasteiger partial charge in [-0.3, -0.25) is 0 Å². The normalized spacial score (nSPS) is 11.1. The smallest absolute Gasteiger partial charge is 0.150 e. The van der Waals surface area contributed by atoms with E-state index >= 15 is 0 Å². The van der Waals surface area contributed by atoms with E-state index < -0.39 is 0 Å². The van der Waals surface area contributed by atoms with Gasteiger partial charge in [0.1, 0.15) is 12.1 Å². The summed E-state index contributed by atoms with van der Waals surface area (Å²) >= 11 is 6.08. The molecule has 0 amide bonds. The molecular weight excluding hydrogens is 356 g/mol. The molecular formula is C22H21ClN4. The molecule has 0 spiro atoms. The number of rotatable bonds is 5. The summed E-state index contributed by atoms with van der Waals surface area (Å²) in [7, 11) is 0. The number of benzene rings is 2. The third kappa shape index (κ3) is 3.17. The number of halogens is 1. The molecule has 0 aliphatic carbocycles. The number of hydrogen-bond donors (Lipinski definition) is 0. The van der Waals surface area contributed by atoms with Crippen molar-refractivity contribution in [1.82, 2.24) is 14.5 Å². The minimum atomic E-state index is 0.719. The zero-order valence-corrected chi connectivity index (χ0v) is 16.2. The van der Waals surface area contributed by atoms with Gasteiger partial charge >= 0.3 is 0 Å². The minimum absolute atomic E-state index is 0.719. The molecule has 2 aromatic heterocycles. The Morgan fingerprint density at radius 2 is 1.63 bits per heavy atom. The zero-order chi connectivity index (χ0) is 18.8. The zero-order valence-electron chi connectivity index (χ0n) is 15.4. The van der Waals surface area contributed by atoms with Crippen molar-refractivity contribution in [2.45, 2.75) is 13.8 Å². The lowest BCUT2D eigenvalue weighted by Gasteiger charge is -2.21. The van der Waals surface area contributed by atoms with Gasteiger partial charge in [-0.15, -0.1) is 0 Å². The van der Waals surface area contributed by atoms with Crippen LogP contribution in [0, 0.1) is 0 Å². The molecule has 0 saturated heterocycles. The maximum Gasteiger partial charge on any atom is 0.150 e. The fourth-order valence-electron chi connectivity index (χ4n) is 3.44. The highest BCUT2D eigenvalue weighted by Crippen LogP contribution is 2.36. The predicted molar refractivity (Wildman–Crippen MR) is 113 cm³/mol. The molecule has 4 rings (SSSR count). The third-order valence-electron chi connectivity index (χ3n) is 4.82. The molecule has 2 aromatic carbocycles. The van der Waals surface area contributed by atoms with E-state index in [9.17, 15) is 0 Å². The van der Waals surface area contributed by atoms with Crippen LogP contribution in [0.3, 0.4) is 0 Å². The van der Waals surface area contributed by atoms with Gasteiger partial charge in [0.25, 0.3) is 0 Å². The molecule has 136 valence electrons. The first-order valence-corrected chi connectivity index (χ1v) is 9.53. The lowest BCUT2D eigenvalue weighted by molar-refractivity contribution is 0.848. The van der Waals surface area contributed by atoms with Gasteiger partial charge in [0.05, 0.1) is 5.39 Å². The van der Waals surface area contributed by atoms with Crippen LogP contribution in [0.15, 0.2) is 67.1 Å². The number of aromatic nitrogens is 3. The summed E-state index contributed by atoms with van der Waals surface area (Å²) in [5.41, 5.74) is 4.20. The number of hydrogen-bond acceptors (Lipinski definition) is 3. The number of nitrogens with zero attached hydrogens (tertiary/aromatic N) is 4. The van der Waals surface area contributed by atoms with Crippen molar-refractivity contribution in [3.8, 4) is 16.8 Å². The first-order valence-electron chi connectivity index (χ1n) is 9.15. The topological polar surface area (TPSA) is 34.0 Å². The van der Waals surface area contributed by atoms with Crippen LogP contribution >= 0.6 is 11.6 Å². The summed E-state index contributed by atoms with van der Waals surface area (Å²) in [6, 6.07) is 18.2. The molecule has 5 heteroatoms. The van der Waals surface area contributed by atoms with E-state index in [-0.39, 0.29) is 0 Å². The second kappa shape index (κ2) is 7.41. The van der Waals surface area contributed by atoms with Crippen molar-refractivity contribution in [3.63, 3.8) is 0 Å². The van der Waals surface area contributed by atoms with Crippen LogP contribution in [0.5, 0.6) is 0 Å². The van der Waals surface area contributed by atoms with Gasteiger partial charge in [0.2, 0.25) is 0 Å². The van der Waals surface area contributed by atoms with Gasteiger partial charge in [-0.1, -0.05) is 41.9 Å². The Morgan fingerprint density at radius 3 is 2.30 bits per heavy atom. The van der Waals surface area contributed by atoms with E-state index in [4.69, 9.17) is 11.6 Å². The molecule has 0 aliphatic rings. The molecule has 0 saturated carbocycles. The van der Waals surface area contributed by atoms with E-state index in [0.29, 0.717) is 0 Å². The molecule has 4 aromatic rings. The van der Waals surface area contributed by atoms with E-state index in [2.05, 4.69) is 63.7 Å². The minimum Gasteiger partial charge on any atom is -0.356 e. The molecule has 27 heavy (non-hydrogen) atoms. The first-order chi connectivity index (χ1) is 13.2. The maximum absolute atomic E-state index is 6.08. The second-order valence-electron chi connectivity index (χ2n) is 6.32. The van der Waals surface area contributed by atoms with Crippen LogP contribution in [0.2, 0.25) is 5.02 Å². The van der Waals surface area contributed by atoms with Gasteiger partial charge in [-0.05, 0) is 43.7 Å². The quantitative estimate of drug-likeness (QED) is 0.455. The summed E-state index contributed by atoms with van der Waals surface area (Å²) in [6.45, 7) is 6.08. The molecule has 0 radical (unpaired) electrons. The fraction of sp³-hybridized carbons (Fsp3) is 0.182. The fourth-order valence-corrected chi connectivity index (χ4v) is 3.57. The number of anilines is 1. The van der Waals surface area contributed by atoms with Crippen LogP contribution in [0.1, 0.15) is 13.8 Å². The van der Waals surface area contributed by atoms with E-state index in [1.165, 1.54) is 0 Å². The molecule has 0 fully saturated rings. The summed E-state index contributed by atoms with van der Waals surface area (Å²) in [5.74, 6) is 0.969. The van der Waals surface area contributed by atoms with Crippen molar-refractivity contribution < 1.29 is 0 Å². The maximum atomic E-state index is 6.08. The molecule has 0 unspecified atom stereocenters. The molecule has 0 N–H and O–H groups in total. The Morgan fingerprint density at radius 1 is 0.926 bits per heavy atom. The Hall–Kier alpha value is -2.85. The van der Waals surface area contributed by atoms with Crippen LogP contribution < -0.4 is 4.90 Å². The van der Waals surface area contributed by atoms with Crippen LogP contribution in [-0.4, -0.2) is 27.6 Å². The molecule has 0 atom stereocenters. The Bertz CT molecular complexity index is 1050. The van der Waals surface area contributed by atoms with Gasteiger partial charge in [-0.25, -0.2) is 9.97 Å². The van der Waals surface area contributed by atoms with Crippen LogP contribution in [-0.2, 0) is 0 Å². The first kappa shape index (κ1) is 17.6. The Labute approximate surface area is 164 Å². The van der Waals surface area contributed by atoms with Gasteiger partial charge in [0, 0.05) is 35.6 Å². The van der Waals surface area contributed by atoms with Crippen LogP contribution in [0.4, 0.5) is 5.82 Å². The molecule has 2 heterocycles. The van der Waals surface area contributed by atoms with Crippen molar-refractivity contribution in [2.24, 2.45) is 0 Å². The van der Waals surface area contributed by atoms with Gasteiger partial charge in [-0.2, -0.15) is 0 Å². The van der Waals surface area contributed by atoms with Gasteiger partial charge in [0.15, 0.2) is 5.65 Å². The van der Waals surface area contributed by atoms with Crippen molar-refractivity contribution in [2.75, 3.05) is 18.0 Å². The van der Waals surface area contributed by atoms with Gasteiger partial charge < -0.3 is 9.47 Å². The van der Waals surface area contributed by atoms with Crippen molar-refractivity contribution >= 4 is 28.5 Å². The SMILES string of the molecule is CCN(CC)c1ncnc2c1c(-c1ccccc1)cn2-c1ccc(Cl)cc1. The Balaban J connectivity index is 2.04. The lowest BCUT2D eigenvalue weighted by Crippen LogP contribution is -2.23. The standard InChI is InChI=1S/C22H21ClN4/c1-3-26(4-2)21-20-19(16-8-6-5-7-9-16)14-27(22(20)25-15-24-21)18-12-10-17(23)11-13-18/h5-15H,3-4H2,1-2H3. The summed E-state index contributed by atoms with van der Waals surface area (Å²) in [6.07, 6.45) is 3.79. The third-order valence-corrected chi connectivity index (χ3v) is 5.07. The Kier molecular flexibility index (Phi) is 4.82. The molecule has 0 bridgehead atoms. The highest BCUT2D eigenvalue weighted by molar-refractivity contribution is 6.30. The summed E-state index contributed by atoms with van der Waals surface area (Å²) < 4.78 is 2.11. The predicted octanol–water partition coefficient (Wildman–Crippen LogP) is 5.59. The van der Waals surface area contributed by atoms with E-state index in [1.807, 2.05) is 30.3 Å². The summed E-state index contributed by atoms with van der Waals surface area (Å²) in [5, 5.41) is 1.79. The molecule has 0 aliphatic heterocycles. The lowest BCUT2D eigenvalue weighted by atomic mass is 10.1. The highest BCUT2D eigenvalue weighted by Gasteiger charge is 2.19. The largest absolute Gasteiger partial charge is 0.356 e. The number of fused-ring (bicyclic) bond motifs is 1. The van der Waals surface area contributed by atoms with Crippen LogP contribution in [0.25, 0.3) is 27.8 Å². The summed E-state index contributed by atoms with van der Waals surface area (Å²) in [4.78, 5) is 11.5. The van der Waals surface area contributed by atoms with Crippen molar-refractivity contribution in [3.05, 3.63) is 72.1 Å².